The summed E-state index contributed by atoms with van der Waals surface area (Å²) in [6.07, 6.45) is 4.73. The molecule has 2 aromatic carbocycles. The third kappa shape index (κ3) is 3.51. The van der Waals surface area contributed by atoms with Gasteiger partial charge in [0.1, 0.15) is 5.75 Å². The summed E-state index contributed by atoms with van der Waals surface area (Å²) in [7, 11) is 0. The maximum atomic E-state index is 12.9. The van der Waals surface area contributed by atoms with Gasteiger partial charge in [-0.25, -0.2) is 14.2 Å². The minimum atomic E-state index is -0.454. The van der Waals surface area contributed by atoms with E-state index in [4.69, 9.17) is 4.74 Å². The molecular formula is C23H17N5O3. The normalized spacial score (nSPS) is 11.0. The van der Waals surface area contributed by atoms with E-state index in [0.717, 1.165) is 15.8 Å². The van der Waals surface area contributed by atoms with Gasteiger partial charge < -0.3 is 4.74 Å². The summed E-state index contributed by atoms with van der Waals surface area (Å²) >= 11 is 0. The average Bonchev–Trinajstić information content (AvgIpc) is 3.25. The number of carbonyl (C=O) groups excluding carboxylic acids is 1. The van der Waals surface area contributed by atoms with E-state index in [2.05, 4.69) is 15.5 Å². The van der Waals surface area contributed by atoms with E-state index in [1.807, 2.05) is 48.5 Å². The van der Waals surface area contributed by atoms with Crippen LogP contribution in [0.5, 0.6) is 5.75 Å². The minimum Gasteiger partial charge on any atom is -0.484 e. The summed E-state index contributed by atoms with van der Waals surface area (Å²) in [4.78, 5) is 29.6. The SMILES string of the molecule is O=C(COc1ccccc1)Nn1ccc2c(cnc3c(-c4ccccc4)cnn32)c1=O. The van der Waals surface area contributed by atoms with E-state index < -0.39 is 11.5 Å². The van der Waals surface area contributed by atoms with Crippen molar-refractivity contribution in [1.82, 2.24) is 19.3 Å². The molecule has 0 radical (unpaired) electrons. The van der Waals surface area contributed by atoms with Gasteiger partial charge in [0.2, 0.25) is 0 Å². The van der Waals surface area contributed by atoms with E-state index >= 15 is 0 Å². The van der Waals surface area contributed by atoms with Crippen LogP contribution in [0.1, 0.15) is 0 Å². The van der Waals surface area contributed by atoms with Crippen molar-refractivity contribution in [3.05, 3.63) is 95.7 Å². The van der Waals surface area contributed by atoms with Gasteiger partial charge in [0, 0.05) is 18.0 Å². The van der Waals surface area contributed by atoms with Gasteiger partial charge in [-0.3, -0.25) is 15.0 Å². The topological polar surface area (TPSA) is 90.5 Å². The lowest BCUT2D eigenvalue weighted by atomic mass is 10.1. The number of benzene rings is 2. The maximum Gasteiger partial charge on any atom is 0.280 e. The molecule has 0 bridgehead atoms. The highest BCUT2D eigenvalue weighted by Gasteiger charge is 2.13. The number of rotatable bonds is 5. The molecule has 0 aliphatic heterocycles. The Labute approximate surface area is 176 Å². The van der Waals surface area contributed by atoms with Crippen molar-refractivity contribution in [3.63, 3.8) is 0 Å². The molecule has 1 N–H and O–H groups in total. The van der Waals surface area contributed by atoms with Crippen molar-refractivity contribution in [2.75, 3.05) is 12.0 Å². The first-order chi connectivity index (χ1) is 15.2. The molecule has 0 fully saturated rings. The quantitative estimate of drug-likeness (QED) is 0.480. The minimum absolute atomic E-state index is 0.217. The summed E-state index contributed by atoms with van der Waals surface area (Å²) < 4.78 is 8.16. The third-order valence-electron chi connectivity index (χ3n) is 4.84. The van der Waals surface area contributed by atoms with Crippen molar-refractivity contribution >= 4 is 22.5 Å². The molecule has 0 unspecified atom stereocenters. The summed E-state index contributed by atoms with van der Waals surface area (Å²) in [6, 6.07) is 20.5. The van der Waals surface area contributed by atoms with Gasteiger partial charge in [0.15, 0.2) is 12.3 Å². The second-order valence-corrected chi connectivity index (χ2v) is 6.84. The van der Waals surface area contributed by atoms with E-state index in [0.29, 0.717) is 22.3 Å². The van der Waals surface area contributed by atoms with Gasteiger partial charge in [-0.2, -0.15) is 5.10 Å². The van der Waals surface area contributed by atoms with E-state index in [-0.39, 0.29) is 6.61 Å². The Morgan fingerprint density at radius 2 is 1.71 bits per heavy atom. The number of para-hydroxylation sites is 1. The van der Waals surface area contributed by atoms with Crippen molar-refractivity contribution in [2.45, 2.75) is 0 Å². The van der Waals surface area contributed by atoms with Gasteiger partial charge in [-0.05, 0) is 23.8 Å². The van der Waals surface area contributed by atoms with Crippen LogP contribution in [-0.4, -0.2) is 31.8 Å². The summed E-state index contributed by atoms with van der Waals surface area (Å²) in [5.41, 5.74) is 5.24. The number of nitrogens with one attached hydrogen (secondary N) is 1. The number of amides is 1. The van der Waals surface area contributed by atoms with Crippen molar-refractivity contribution in [1.29, 1.82) is 0 Å². The fourth-order valence-corrected chi connectivity index (χ4v) is 3.36. The molecule has 5 aromatic rings. The average molecular weight is 411 g/mol. The second kappa shape index (κ2) is 7.75. The number of ether oxygens (including phenoxy) is 1. The predicted molar refractivity (Wildman–Crippen MR) is 116 cm³/mol. The summed E-state index contributed by atoms with van der Waals surface area (Å²) in [5.74, 6) is 0.118. The number of fused-ring (bicyclic) bond motifs is 3. The van der Waals surface area contributed by atoms with Crippen LogP contribution in [-0.2, 0) is 4.79 Å². The van der Waals surface area contributed by atoms with Crippen LogP contribution < -0.4 is 15.7 Å². The summed E-state index contributed by atoms with van der Waals surface area (Å²) in [6.45, 7) is -0.217. The highest BCUT2D eigenvalue weighted by Crippen LogP contribution is 2.24. The largest absolute Gasteiger partial charge is 0.484 e. The zero-order valence-electron chi connectivity index (χ0n) is 16.3. The fourth-order valence-electron chi connectivity index (χ4n) is 3.36. The first-order valence-electron chi connectivity index (χ1n) is 9.62. The van der Waals surface area contributed by atoms with Crippen LogP contribution in [0.2, 0.25) is 0 Å². The molecule has 0 aliphatic carbocycles. The molecule has 1 amide bonds. The number of carbonyl (C=O) groups is 1. The number of pyridine rings is 1. The lowest BCUT2D eigenvalue weighted by molar-refractivity contribution is -0.119. The molecule has 3 heterocycles. The zero-order chi connectivity index (χ0) is 21.2. The third-order valence-corrected chi connectivity index (χ3v) is 4.84. The molecule has 0 saturated heterocycles. The lowest BCUT2D eigenvalue weighted by Crippen LogP contribution is -2.35. The second-order valence-electron chi connectivity index (χ2n) is 6.84. The van der Waals surface area contributed by atoms with Crippen molar-refractivity contribution < 1.29 is 9.53 Å². The Bertz CT molecular complexity index is 1440. The molecule has 0 aliphatic rings. The number of nitrogens with zero attached hydrogens (tertiary/aromatic N) is 4. The van der Waals surface area contributed by atoms with Gasteiger partial charge in [0.25, 0.3) is 11.5 Å². The Hall–Kier alpha value is -4.46. The maximum absolute atomic E-state index is 12.9. The first kappa shape index (κ1) is 18.6. The fraction of sp³-hybridized carbons (Fsp3) is 0.0435. The molecule has 3 aromatic heterocycles. The molecule has 152 valence electrons. The standard InChI is InChI=1S/C23H17N5O3/c29-21(15-31-17-9-5-2-6-10-17)26-27-12-11-20-19(23(27)30)13-24-22-18(14-25-28(20)22)16-7-3-1-4-8-16/h1-14H,15H2,(H,26,29). The number of hydrogen-bond donors (Lipinski definition) is 1. The van der Waals surface area contributed by atoms with Crippen LogP contribution in [0.15, 0.2) is 90.1 Å². The van der Waals surface area contributed by atoms with Gasteiger partial charge in [0.05, 0.1) is 17.1 Å². The highest BCUT2D eigenvalue weighted by molar-refractivity contribution is 5.87. The predicted octanol–water partition coefficient (Wildman–Crippen LogP) is 2.86. The Kier molecular flexibility index (Phi) is 4.64. The first-order valence-corrected chi connectivity index (χ1v) is 9.62. The van der Waals surface area contributed by atoms with Gasteiger partial charge >= 0.3 is 0 Å². The molecule has 8 nitrogen and oxygen atoms in total. The molecular weight excluding hydrogens is 394 g/mol. The van der Waals surface area contributed by atoms with Crippen molar-refractivity contribution in [3.8, 4) is 16.9 Å². The van der Waals surface area contributed by atoms with Crippen LogP contribution in [0.25, 0.3) is 27.7 Å². The van der Waals surface area contributed by atoms with Crippen LogP contribution >= 0.6 is 0 Å². The number of hydrogen-bond acceptors (Lipinski definition) is 5. The molecule has 8 heteroatoms. The van der Waals surface area contributed by atoms with E-state index in [1.54, 1.807) is 28.9 Å². The molecule has 0 atom stereocenters. The molecule has 5 rings (SSSR count). The molecule has 31 heavy (non-hydrogen) atoms. The highest BCUT2D eigenvalue weighted by atomic mass is 16.5. The van der Waals surface area contributed by atoms with E-state index in [9.17, 15) is 9.59 Å². The van der Waals surface area contributed by atoms with Gasteiger partial charge in [-0.1, -0.05) is 48.5 Å². The van der Waals surface area contributed by atoms with Gasteiger partial charge in [-0.15, -0.1) is 0 Å². The smallest absolute Gasteiger partial charge is 0.280 e. The van der Waals surface area contributed by atoms with Crippen molar-refractivity contribution in [2.24, 2.45) is 0 Å². The monoisotopic (exact) mass is 411 g/mol. The molecule has 0 spiro atoms. The Morgan fingerprint density at radius 3 is 2.48 bits per heavy atom. The van der Waals surface area contributed by atoms with Crippen LogP contribution in [0.4, 0.5) is 0 Å². The molecule has 0 saturated carbocycles. The zero-order valence-corrected chi connectivity index (χ0v) is 16.3. The van der Waals surface area contributed by atoms with Crippen LogP contribution in [0, 0.1) is 0 Å². The number of aromatic nitrogens is 4. The summed E-state index contributed by atoms with van der Waals surface area (Å²) in [5, 5.41) is 4.75. The Morgan fingerprint density at radius 1 is 0.968 bits per heavy atom. The lowest BCUT2D eigenvalue weighted by Gasteiger charge is -2.10. The Balaban J connectivity index is 1.44. The van der Waals surface area contributed by atoms with Crippen LogP contribution in [0.3, 0.4) is 0 Å². The van der Waals surface area contributed by atoms with E-state index in [1.165, 1.54) is 12.4 Å².